The fraction of sp³-hybridized carbons (Fsp3) is 0.667. The molecule has 0 bridgehead atoms. The molecule has 0 saturated heterocycles. The molecule has 1 rings (SSSR count). The van der Waals surface area contributed by atoms with Gasteiger partial charge < -0.3 is 4.74 Å². The molecule has 3 N–H and O–H groups in total. The van der Waals surface area contributed by atoms with Gasteiger partial charge in [0.15, 0.2) is 0 Å². The summed E-state index contributed by atoms with van der Waals surface area (Å²) in [6, 6.07) is 2.34. The van der Waals surface area contributed by atoms with Gasteiger partial charge in [-0.2, -0.15) is 11.3 Å². The van der Waals surface area contributed by atoms with Gasteiger partial charge in [0.25, 0.3) is 0 Å². The van der Waals surface area contributed by atoms with Crippen molar-refractivity contribution in [1.29, 1.82) is 0 Å². The Labute approximate surface area is 102 Å². The van der Waals surface area contributed by atoms with Crippen molar-refractivity contribution in [3.05, 3.63) is 22.4 Å². The van der Waals surface area contributed by atoms with Crippen molar-refractivity contribution in [1.82, 2.24) is 5.43 Å². The minimum atomic E-state index is -0.190. The topological polar surface area (TPSA) is 47.3 Å². The van der Waals surface area contributed by atoms with E-state index in [1.165, 1.54) is 5.56 Å². The Morgan fingerprint density at radius 1 is 1.62 bits per heavy atom. The molecule has 2 atom stereocenters. The minimum Gasteiger partial charge on any atom is -0.377 e. The van der Waals surface area contributed by atoms with Crippen LogP contribution in [0.3, 0.4) is 0 Å². The van der Waals surface area contributed by atoms with Crippen molar-refractivity contribution in [3.8, 4) is 0 Å². The van der Waals surface area contributed by atoms with E-state index in [0.717, 1.165) is 19.3 Å². The Bertz CT molecular complexity index is 283. The molecule has 0 spiro atoms. The van der Waals surface area contributed by atoms with Crippen LogP contribution in [0.4, 0.5) is 0 Å². The summed E-state index contributed by atoms with van der Waals surface area (Å²) < 4.78 is 5.57. The maximum atomic E-state index is 5.62. The molecule has 0 aromatic carbocycles. The largest absolute Gasteiger partial charge is 0.377 e. The van der Waals surface area contributed by atoms with Crippen LogP contribution in [0.15, 0.2) is 16.8 Å². The van der Waals surface area contributed by atoms with Crippen molar-refractivity contribution < 1.29 is 4.74 Å². The summed E-state index contributed by atoms with van der Waals surface area (Å²) in [6.07, 6.45) is 2.98. The molecule has 92 valence electrons. The van der Waals surface area contributed by atoms with Gasteiger partial charge in [-0.15, -0.1) is 0 Å². The predicted molar refractivity (Wildman–Crippen MR) is 69.5 cm³/mol. The smallest absolute Gasteiger partial charge is 0.0813 e. The van der Waals surface area contributed by atoms with Crippen LogP contribution in [0.2, 0.25) is 0 Å². The van der Waals surface area contributed by atoms with E-state index in [1.807, 2.05) is 0 Å². The molecule has 0 aliphatic heterocycles. The molecule has 0 aliphatic rings. The minimum absolute atomic E-state index is 0.183. The van der Waals surface area contributed by atoms with Crippen LogP contribution in [0.25, 0.3) is 0 Å². The molecule has 1 aromatic heterocycles. The maximum Gasteiger partial charge on any atom is 0.0813 e. The van der Waals surface area contributed by atoms with Gasteiger partial charge in [0.2, 0.25) is 0 Å². The van der Waals surface area contributed by atoms with E-state index in [1.54, 1.807) is 18.4 Å². The maximum absolute atomic E-state index is 5.62. The van der Waals surface area contributed by atoms with Gasteiger partial charge in [0.05, 0.1) is 11.6 Å². The van der Waals surface area contributed by atoms with E-state index >= 15 is 0 Å². The molecular formula is C12H22N2OS. The number of rotatable bonds is 7. The highest BCUT2D eigenvalue weighted by molar-refractivity contribution is 7.07. The van der Waals surface area contributed by atoms with E-state index in [-0.39, 0.29) is 11.6 Å². The summed E-state index contributed by atoms with van der Waals surface area (Å²) in [5.74, 6) is 5.62. The van der Waals surface area contributed by atoms with Gasteiger partial charge in [0, 0.05) is 7.11 Å². The summed E-state index contributed by atoms with van der Waals surface area (Å²) >= 11 is 1.73. The monoisotopic (exact) mass is 242 g/mol. The molecule has 3 nitrogen and oxygen atoms in total. The number of hydrazine groups is 1. The van der Waals surface area contributed by atoms with Crippen LogP contribution >= 0.6 is 11.3 Å². The highest BCUT2D eigenvalue weighted by atomic mass is 32.1. The van der Waals surface area contributed by atoms with E-state index in [4.69, 9.17) is 10.6 Å². The lowest BCUT2D eigenvalue weighted by molar-refractivity contribution is -0.0310. The second kappa shape index (κ2) is 6.35. The predicted octanol–water partition coefficient (Wildman–Crippen LogP) is 2.33. The average Bonchev–Trinajstić information content (AvgIpc) is 2.82. The Morgan fingerprint density at radius 2 is 2.38 bits per heavy atom. The van der Waals surface area contributed by atoms with Gasteiger partial charge in [-0.25, -0.2) is 0 Å². The Hall–Kier alpha value is -0.420. The van der Waals surface area contributed by atoms with Crippen LogP contribution in [-0.2, 0) is 11.2 Å². The number of methoxy groups -OCH3 is 1. The molecule has 16 heavy (non-hydrogen) atoms. The number of nitrogens with two attached hydrogens (primary N) is 1. The Kier molecular flexibility index (Phi) is 5.41. The summed E-state index contributed by atoms with van der Waals surface area (Å²) in [5, 5.41) is 4.29. The number of hydrogen-bond acceptors (Lipinski definition) is 4. The second-order valence-electron chi connectivity index (χ2n) is 4.26. The average molecular weight is 242 g/mol. The molecule has 0 saturated carbocycles. The zero-order valence-corrected chi connectivity index (χ0v) is 11.1. The fourth-order valence-electron chi connectivity index (χ4n) is 1.84. The third-order valence-corrected chi connectivity index (χ3v) is 4.14. The molecule has 0 radical (unpaired) electrons. The molecule has 4 heteroatoms. The highest BCUT2D eigenvalue weighted by Gasteiger charge is 2.31. The summed E-state index contributed by atoms with van der Waals surface area (Å²) in [5.41, 5.74) is 4.07. The lowest BCUT2D eigenvalue weighted by atomic mass is 9.89. The normalized spacial score (nSPS) is 17.0. The zero-order chi connectivity index (χ0) is 12.0. The van der Waals surface area contributed by atoms with E-state index < -0.39 is 0 Å². The lowest BCUT2D eigenvalue weighted by Gasteiger charge is -2.35. The molecule has 1 heterocycles. The van der Waals surface area contributed by atoms with Gasteiger partial charge in [-0.3, -0.25) is 11.3 Å². The SMILES string of the molecule is CCC(C)(OC)C(CCc1ccsc1)NN. The fourth-order valence-corrected chi connectivity index (χ4v) is 2.55. The highest BCUT2D eigenvalue weighted by Crippen LogP contribution is 2.22. The van der Waals surface area contributed by atoms with E-state index in [9.17, 15) is 0 Å². The second-order valence-corrected chi connectivity index (χ2v) is 5.04. The summed E-state index contributed by atoms with van der Waals surface area (Å²) in [4.78, 5) is 0. The third-order valence-electron chi connectivity index (χ3n) is 3.41. The molecule has 0 fully saturated rings. The number of hydrogen-bond donors (Lipinski definition) is 2. The Morgan fingerprint density at radius 3 is 2.81 bits per heavy atom. The van der Waals surface area contributed by atoms with Gasteiger partial charge in [-0.05, 0) is 48.6 Å². The quantitative estimate of drug-likeness (QED) is 0.570. The van der Waals surface area contributed by atoms with Crippen molar-refractivity contribution in [2.75, 3.05) is 7.11 Å². The van der Waals surface area contributed by atoms with Crippen LogP contribution in [-0.4, -0.2) is 18.8 Å². The molecular weight excluding hydrogens is 220 g/mol. The van der Waals surface area contributed by atoms with Gasteiger partial charge in [-0.1, -0.05) is 6.92 Å². The number of ether oxygens (including phenoxy) is 1. The van der Waals surface area contributed by atoms with Crippen molar-refractivity contribution in [2.45, 2.75) is 44.8 Å². The van der Waals surface area contributed by atoms with Gasteiger partial charge in [0.1, 0.15) is 0 Å². The van der Waals surface area contributed by atoms with E-state index in [0.29, 0.717) is 0 Å². The number of thiophene rings is 1. The first-order valence-electron chi connectivity index (χ1n) is 5.68. The first-order chi connectivity index (χ1) is 7.66. The molecule has 0 aliphatic carbocycles. The van der Waals surface area contributed by atoms with Gasteiger partial charge >= 0.3 is 0 Å². The van der Waals surface area contributed by atoms with Crippen LogP contribution < -0.4 is 11.3 Å². The molecule has 0 amide bonds. The standard InChI is InChI=1S/C12H22N2OS/c1-4-12(2,15-3)11(14-13)6-5-10-7-8-16-9-10/h7-9,11,14H,4-6,13H2,1-3H3. The van der Waals surface area contributed by atoms with Crippen LogP contribution in [0, 0.1) is 0 Å². The van der Waals surface area contributed by atoms with Crippen LogP contribution in [0.1, 0.15) is 32.3 Å². The number of nitrogens with one attached hydrogen (secondary N) is 1. The zero-order valence-electron chi connectivity index (χ0n) is 10.3. The number of aryl methyl sites for hydroxylation is 1. The molecule has 2 unspecified atom stereocenters. The van der Waals surface area contributed by atoms with Crippen molar-refractivity contribution in [2.24, 2.45) is 5.84 Å². The lowest BCUT2D eigenvalue weighted by Crippen LogP contribution is -2.52. The Balaban J connectivity index is 2.54. The molecule has 1 aromatic rings. The summed E-state index contributed by atoms with van der Waals surface area (Å²) in [6.45, 7) is 4.23. The summed E-state index contributed by atoms with van der Waals surface area (Å²) in [7, 11) is 1.75. The van der Waals surface area contributed by atoms with Crippen LogP contribution in [0.5, 0.6) is 0 Å². The first kappa shape index (κ1) is 13.6. The van der Waals surface area contributed by atoms with E-state index in [2.05, 4.69) is 36.1 Å². The van der Waals surface area contributed by atoms with Crippen molar-refractivity contribution >= 4 is 11.3 Å². The van der Waals surface area contributed by atoms with Crippen molar-refractivity contribution in [3.63, 3.8) is 0 Å². The first-order valence-corrected chi connectivity index (χ1v) is 6.63. The third kappa shape index (κ3) is 3.28.